The largest absolute Gasteiger partial charge is 0.0843 e. The topological polar surface area (TPSA) is 0 Å². The van der Waals surface area contributed by atoms with E-state index in [1.807, 2.05) is 6.07 Å². The summed E-state index contributed by atoms with van der Waals surface area (Å²) < 4.78 is 0. The summed E-state index contributed by atoms with van der Waals surface area (Å²) in [5.74, 6) is 0. The lowest BCUT2D eigenvalue weighted by molar-refractivity contribution is 1.47. The summed E-state index contributed by atoms with van der Waals surface area (Å²) in [6.45, 7) is 2.14. The molecule has 15 aromatic rings. The van der Waals surface area contributed by atoms with E-state index < -0.39 is 0 Å². The average molecular weight is 986 g/mol. The van der Waals surface area contributed by atoms with Crippen LogP contribution in [-0.2, 0) is 0 Å². The summed E-state index contributed by atoms with van der Waals surface area (Å²) in [6.07, 6.45) is 0. The molecule has 15 aromatic carbocycles. The van der Waals surface area contributed by atoms with Crippen molar-refractivity contribution in [2.45, 2.75) is 6.92 Å². The van der Waals surface area contributed by atoms with E-state index >= 15 is 0 Å². The standard InChI is InChI=1S/C41H28.C34H21Cl/c1-27-14-16-30(17-15-27)33-22-23-38-39(26-33)41(35-21-19-29-9-3-5-11-32(29)25-35)37-13-7-6-12-36(37)40(38)34-20-18-28-8-2-4-10-31(28)24-34;35-28-17-18-31-32(21-28)34(27-16-14-23-8-2-4-10-25(23)20-27)30-12-6-5-11-29(30)33(31)26-15-13-22-7-1-3-9-24(22)19-26/h2-26H,1H3;1-21H. The van der Waals surface area contributed by atoms with Crippen molar-refractivity contribution in [3.63, 3.8) is 0 Å². The number of rotatable bonds is 5. The molecule has 1 heteroatoms. The van der Waals surface area contributed by atoms with Crippen LogP contribution in [0, 0.1) is 6.92 Å². The van der Waals surface area contributed by atoms with Crippen molar-refractivity contribution in [3.8, 4) is 55.6 Å². The monoisotopic (exact) mass is 984 g/mol. The van der Waals surface area contributed by atoms with Gasteiger partial charge in [0.15, 0.2) is 0 Å². The van der Waals surface area contributed by atoms with Gasteiger partial charge in [0.25, 0.3) is 0 Å². The molecule has 0 saturated heterocycles. The van der Waals surface area contributed by atoms with E-state index in [0.29, 0.717) is 0 Å². The molecule has 0 spiro atoms. The Morgan fingerprint density at radius 1 is 0.197 bits per heavy atom. The summed E-state index contributed by atoms with van der Waals surface area (Å²) in [5.41, 5.74) is 13.7. The van der Waals surface area contributed by atoms with E-state index in [4.69, 9.17) is 11.6 Å². The second-order valence-electron chi connectivity index (χ2n) is 20.2. The third-order valence-electron chi connectivity index (χ3n) is 15.5. The SMILES string of the molecule is Cc1ccc(-c2ccc3c(-c4ccc5ccccc5c4)c4ccccc4c(-c4ccc5ccccc5c4)c3c2)cc1.Clc1ccc2c(-c3ccc4ccccc4c3)c3ccccc3c(-c3ccc4ccccc4c3)c2c1. The van der Waals surface area contributed by atoms with Crippen LogP contribution in [-0.4, -0.2) is 0 Å². The van der Waals surface area contributed by atoms with E-state index in [1.54, 1.807) is 0 Å². The Labute approximate surface area is 447 Å². The number of halogens is 1. The Hall–Kier alpha value is -9.33. The molecule has 0 saturated carbocycles. The van der Waals surface area contributed by atoms with Crippen LogP contribution in [0.3, 0.4) is 0 Å². The van der Waals surface area contributed by atoms with Gasteiger partial charge in [-0.25, -0.2) is 0 Å². The van der Waals surface area contributed by atoms with Gasteiger partial charge in [-0.1, -0.05) is 254 Å². The predicted octanol–water partition coefficient (Wildman–Crippen LogP) is 21.9. The molecule has 356 valence electrons. The highest BCUT2D eigenvalue weighted by Gasteiger charge is 2.20. The summed E-state index contributed by atoms with van der Waals surface area (Å²) in [4.78, 5) is 0. The maximum Gasteiger partial charge on any atom is 0.0412 e. The Balaban J connectivity index is 0.000000141. The van der Waals surface area contributed by atoms with Crippen molar-refractivity contribution < 1.29 is 0 Å². The van der Waals surface area contributed by atoms with E-state index in [-0.39, 0.29) is 0 Å². The molecule has 0 bridgehead atoms. The van der Waals surface area contributed by atoms with Gasteiger partial charge in [0.2, 0.25) is 0 Å². The fourth-order valence-electron chi connectivity index (χ4n) is 11.9. The van der Waals surface area contributed by atoms with Crippen molar-refractivity contribution in [1.82, 2.24) is 0 Å². The zero-order chi connectivity index (χ0) is 50.7. The number of aryl methyl sites for hydroxylation is 1. The molecule has 0 nitrogen and oxygen atoms in total. The molecule has 15 rings (SSSR count). The first-order valence-electron chi connectivity index (χ1n) is 26.2. The van der Waals surface area contributed by atoms with Gasteiger partial charge < -0.3 is 0 Å². The van der Waals surface area contributed by atoms with Crippen molar-refractivity contribution in [1.29, 1.82) is 0 Å². The van der Waals surface area contributed by atoms with Crippen LogP contribution in [0.15, 0.2) is 279 Å². The summed E-state index contributed by atoms with van der Waals surface area (Å²) in [6, 6.07) is 102. The molecule has 0 aromatic heterocycles. The van der Waals surface area contributed by atoms with Gasteiger partial charge in [0.05, 0.1) is 0 Å². The van der Waals surface area contributed by atoms with Crippen LogP contribution < -0.4 is 0 Å². The minimum Gasteiger partial charge on any atom is -0.0843 e. The molecule has 0 aliphatic rings. The molecular formula is C75H49Cl. The lowest BCUT2D eigenvalue weighted by Gasteiger charge is -2.19. The van der Waals surface area contributed by atoms with Gasteiger partial charge in [0, 0.05) is 5.02 Å². The zero-order valence-electron chi connectivity index (χ0n) is 41.9. The number of fused-ring (bicyclic) bond motifs is 8. The molecule has 0 fully saturated rings. The van der Waals surface area contributed by atoms with Crippen molar-refractivity contribution in [2.24, 2.45) is 0 Å². The molecular weight excluding hydrogens is 936 g/mol. The Kier molecular flexibility index (Phi) is 11.2. The van der Waals surface area contributed by atoms with Crippen molar-refractivity contribution in [2.75, 3.05) is 0 Å². The molecule has 0 aliphatic carbocycles. The highest BCUT2D eigenvalue weighted by molar-refractivity contribution is 6.33. The third-order valence-corrected chi connectivity index (χ3v) is 15.8. The second-order valence-corrected chi connectivity index (χ2v) is 20.6. The van der Waals surface area contributed by atoms with E-state index in [1.165, 1.54) is 147 Å². The molecule has 0 aliphatic heterocycles. The van der Waals surface area contributed by atoms with Crippen LogP contribution >= 0.6 is 11.6 Å². The third kappa shape index (κ3) is 8.03. The van der Waals surface area contributed by atoms with Gasteiger partial charge in [-0.2, -0.15) is 0 Å². The Morgan fingerprint density at radius 3 is 0.855 bits per heavy atom. The van der Waals surface area contributed by atoms with E-state index in [0.717, 1.165) is 5.02 Å². The van der Waals surface area contributed by atoms with Crippen LogP contribution in [0.25, 0.3) is 142 Å². The number of benzene rings is 15. The van der Waals surface area contributed by atoms with Gasteiger partial charge in [-0.05, 0) is 191 Å². The maximum absolute atomic E-state index is 6.60. The average Bonchev–Trinajstić information content (AvgIpc) is 3.59. The summed E-state index contributed by atoms with van der Waals surface area (Å²) >= 11 is 6.60. The highest BCUT2D eigenvalue weighted by atomic mass is 35.5. The van der Waals surface area contributed by atoms with Crippen molar-refractivity contribution >= 4 is 97.8 Å². The van der Waals surface area contributed by atoms with Crippen LogP contribution in [0.2, 0.25) is 5.02 Å². The first kappa shape index (κ1) is 45.3. The quantitative estimate of drug-likeness (QED) is 0.151. The number of hydrogen-bond donors (Lipinski definition) is 0. The van der Waals surface area contributed by atoms with Gasteiger partial charge in [0.1, 0.15) is 0 Å². The maximum atomic E-state index is 6.60. The first-order valence-corrected chi connectivity index (χ1v) is 26.5. The van der Waals surface area contributed by atoms with E-state index in [9.17, 15) is 0 Å². The molecule has 0 atom stereocenters. The molecule has 0 unspecified atom stereocenters. The van der Waals surface area contributed by atoms with Crippen molar-refractivity contribution in [3.05, 3.63) is 290 Å². The molecule has 0 N–H and O–H groups in total. The molecule has 76 heavy (non-hydrogen) atoms. The van der Waals surface area contributed by atoms with E-state index in [2.05, 4.69) is 280 Å². The summed E-state index contributed by atoms with van der Waals surface area (Å²) in [5, 5.41) is 20.8. The Bertz CT molecular complexity index is 4770. The lowest BCUT2D eigenvalue weighted by atomic mass is 9.84. The van der Waals surface area contributed by atoms with Crippen LogP contribution in [0.5, 0.6) is 0 Å². The van der Waals surface area contributed by atoms with Gasteiger partial charge in [-0.15, -0.1) is 0 Å². The fraction of sp³-hybridized carbons (Fsp3) is 0.0133. The first-order chi connectivity index (χ1) is 37.5. The fourth-order valence-corrected chi connectivity index (χ4v) is 12.0. The number of hydrogen-bond acceptors (Lipinski definition) is 0. The predicted molar refractivity (Wildman–Crippen MR) is 330 cm³/mol. The minimum absolute atomic E-state index is 0.749. The minimum atomic E-state index is 0.749. The molecule has 0 amide bonds. The smallest absolute Gasteiger partial charge is 0.0412 e. The van der Waals surface area contributed by atoms with Crippen LogP contribution in [0.1, 0.15) is 5.56 Å². The second kappa shape index (κ2) is 18.9. The summed E-state index contributed by atoms with van der Waals surface area (Å²) in [7, 11) is 0. The molecule has 0 heterocycles. The zero-order valence-corrected chi connectivity index (χ0v) is 42.7. The highest BCUT2D eigenvalue weighted by Crippen LogP contribution is 2.47. The van der Waals surface area contributed by atoms with Crippen LogP contribution in [0.4, 0.5) is 0 Å². The van der Waals surface area contributed by atoms with Gasteiger partial charge >= 0.3 is 0 Å². The normalized spacial score (nSPS) is 11.6. The Morgan fingerprint density at radius 2 is 0.474 bits per heavy atom. The lowest BCUT2D eigenvalue weighted by Crippen LogP contribution is -1.92. The molecule has 0 radical (unpaired) electrons. The van der Waals surface area contributed by atoms with Gasteiger partial charge in [-0.3, -0.25) is 0 Å².